The van der Waals surface area contributed by atoms with Crippen LogP contribution in [0, 0.1) is 0 Å². The van der Waals surface area contributed by atoms with Gasteiger partial charge < -0.3 is 9.47 Å². The highest BCUT2D eigenvalue weighted by Gasteiger charge is 2.12. The molecule has 0 saturated carbocycles. The van der Waals surface area contributed by atoms with Crippen molar-refractivity contribution in [3.05, 3.63) is 0 Å². The molecule has 0 aromatic heterocycles. The third-order valence-corrected chi connectivity index (χ3v) is 1.73. The van der Waals surface area contributed by atoms with Gasteiger partial charge in [-0.2, -0.15) is 0 Å². The zero-order valence-electron chi connectivity index (χ0n) is 8.03. The first kappa shape index (κ1) is 12.3. The van der Waals surface area contributed by atoms with Gasteiger partial charge in [-0.15, -0.1) is 0 Å². The van der Waals surface area contributed by atoms with Crippen LogP contribution in [0.4, 0.5) is 4.79 Å². The maximum Gasteiger partial charge on any atom is 0.370 e. The number of hydrogen-bond acceptors (Lipinski definition) is 5. The van der Waals surface area contributed by atoms with E-state index in [4.69, 9.17) is 9.47 Å². The molecule has 76 valence electrons. The molecule has 0 aromatic carbocycles. The summed E-state index contributed by atoms with van der Waals surface area (Å²) in [6.45, 7) is 5.04. The van der Waals surface area contributed by atoms with Crippen LogP contribution in [0.1, 0.15) is 27.2 Å². The topological polar surface area (TPSA) is 52.6 Å². The number of hydrogen-bond donors (Lipinski definition) is 0. The van der Waals surface area contributed by atoms with Gasteiger partial charge in [-0.3, -0.25) is 4.79 Å². The van der Waals surface area contributed by atoms with Crippen molar-refractivity contribution in [3.63, 3.8) is 0 Å². The summed E-state index contributed by atoms with van der Waals surface area (Å²) in [6.07, 6.45) is -0.512. The van der Waals surface area contributed by atoms with Crippen LogP contribution in [-0.4, -0.2) is 23.3 Å². The van der Waals surface area contributed by atoms with Crippen molar-refractivity contribution in [3.8, 4) is 0 Å². The lowest BCUT2D eigenvalue weighted by atomic mass is 10.5. The third-order valence-electron chi connectivity index (χ3n) is 1.11. The Morgan fingerprint density at radius 2 is 1.92 bits per heavy atom. The van der Waals surface area contributed by atoms with E-state index in [0.29, 0.717) is 5.75 Å². The van der Waals surface area contributed by atoms with Gasteiger partial charge in [-0.1, -0.05) is 13.8 Å². The van der Waals surface area contributed by atoms with Gasteiger partial charge in [0.15, 0.2) is 0 Å². The fraction of sp³-hybridized carbons (Fsp3) is 0.750. The average molecular weight is 206 g/mol. The number of thioether (sulfide) groups is 1. The Kier molecular flexibility index (Phi) is 6.40. The standard InChI is InChI=1S/C8H14O4S/c1-4-7(9)11-6(3)12-8(10)13-5-2/h6H,4-5H2,1-3H3. The van der Waals surface area contributed by atoms with Crippen molar-refractivity contribution >= 4 is 23.0 Å². The molecule has 13 heavy (non-hydrogen) atoms. The lowest BCUT2D eigenvalue weighted by Crippen LogP contribution is -2.19. The van der Waals surface area contributed by atoms with E-state index in [0.717, 1.165) is 11.8 Å². The van der Waals surface area contributed by atoms with E-state index in [1.807, 2.05) is 6.92 Å². The minimum atomic E-state index is -0.793. The lowest BCUT2D eigenvalue weighted by molar-refractivity contribution is -0.163. The molecule has 1 atom stereocenters. The van der Waals surface area contributed by atoms with Crippen molar-refractivity contribution in [2.75, 3.05) is 5.75 Å². The largest absolute Gasteiger partial charge is 0.425 e. The predicted molar refractivity (Wildman–Crippen MR) is 50.5 cm³/mol. The molecule has 0 aliphatic carbocycles. The van der Waals surface area contributed by atoms with E-state index in [9.17, 15) is 9.59 Å². The van der Waals surface area contributed by atoms with Crippen LogP contribution in [0.25, 0.3) is 0 Å². The fourth-order valence-electron chi connectivity index (χ4n) is 0.580. The zero-order chi connectivity index (χ0) is 10.3. The van der Waals surface area contributed by atoms with E-state index in [1.54, 1.807) is 6.92 Å². The van der Waals surface area contributed by atoms with Crippen LogP contribution < -0.4 is 0 Å². The van der Waals surface area contributed by atoms with Gasteiger partial charge in [0.25, 0.3) is 0 Å². The highest BCUT2D eigenvalue weighted by molar-refractivity contribution is 8.13. The second-order valence-corrected chi connectivity index (χ2v) is 3.41. The van der Waals surface area contributed by atoms with Crippen molar-refractivity contribution < 1.29 is 19.1 Å². The van der Waals surface area contributed by atoms with Crippen molar-refractivity contribution in [2.45, 2.75) is 33.5 Å². The normalized spacial score (nSPS) is 11.9. The molecule has 1 unspecified atom stereocenters. The molecular weight excluding hydrogens is 192 g/mol. The number of rotatable bonds is 4. The van der Waals surface area contributed by atoms with E-state index in [1.165, 1.54) is 6.92 Å². The summed E-state index contributed by atoms with van der Waals surface area (Å²) in [7, 11) is 0. The lowest BCUT2D eigenvalue weighted by Gasteiger charge is -2.12. The van der Waals surface area contributed by atoms with Crippen LogP contribution >= 0.6 is 11.8 Å². The first-order valence-electron chi connectivity index (χ1n) is 4.13. The molecule has 0 heterocycles. The first-order valence-corrected chi connectivity index (χ1v) is 5.11. The second-order valence-electron chi connectivity index (χ2n) is 2.21. The van der Waals surface area contributed by atoms with Crippen LogP contribution in [-0.2, 0) is 14.3 Å². The summed E-state index contributed by atoms with van der Waals surface area (Å²) in [5.41, 5.74) is 0. The molecule has 0 fully saturated rings. The van der Waals surface area contributed by atoms with Crippen molar-refractivity contribution in [1.82, 2.24) is 0 Å². The SMILES string of the molecule is CCSC(=O)OC(C)OC(=O)CC. The first-order chi connectivity index (χ1) is 6.10. The Balaban J connectivity index is 3.67. The Bertz CT molecular complexity index is 181. The second kappa shape index (κ2) is 6.77. The van der Waals surface area contributed by atoms with Gasteiger partial charge in [-0.05, 0) is 11.8 Å². The van der Waals surface area contributed by atoms with Crippen molar-refractivity contribution in [2.24, 2.45) is 0 Å². The fourth-order valence-corrected chi connectivity index (χ4v) is 1.02. The summed E-state index contributed by atoms with van der Waals surface area (Å²) in [4.78, 5) is 21.6. The Morgan fingerprint density at radius 1 is 1.31 bits per heavy atom. The van der Waals surface area contributed by atoms with Crippen LogP contribution in [0.15, 0.2) is 0 Å². The number of carbonyl (C=O) groups is 2. The predicted octanol–water partition coefficient (Wildman–Crippen LogP) is 2.18. The molecule has 0 saturated heterocycles. The summed E-state index contributed by atoms with van der Waals surface area (Å²) in [5, 5.41) is -0.418. The van der Waals surface area contributed by atoms with E-state index >= 15 is 0 Å². The third kappa shape index (κ3) is 6.45. The molecule has 0 bridgehead atoms. The van der Waals surface area contributed by atoms with E-state index < -0.39 is 11.6 Å². The molecule has 0 N–H and O–H groups in total. The maximum atomic E-state index is 10.9. The summed E-state index contributed by atoms with van der Waals surface area (Å²) in [5.74, 6) is 0.273. The van der Waals surface area contributed by atoms with Gasteiger partial charge >= 0.3 is 11.3 Å². The Morgan fingerprint density at radius 3 is 2.38 bits per heavy atom. The summed E-state index contributed by atoms with van der Waals surface area (Å²) in [6, 6.07) is 0. The Labute approximate surface area is 82.0 Å². The highest BCUT2D eigenvalue weighted by Crippen LogP contribution is 2.07. The van der Waals surface area contributed by atoms with Gasteiger partial charge in [0, 0.05) is 19.1 Å². The van der Waals surface area contributed by atoms with E-state index in [2.05, 4.69) is 0 Å². The monoisotopic (exact) mass is 206 g/mol. The summed E-state index contributed by atoms with van der Waals surface area (Å²) < 4.78 is 9.47. The van der Waals surface area contributed by atoms with E-state index in [-0.39, 0.29) is 12.4 Å². The molecule has 4 nitrogen and oxygen atoms in total. The average Bonchev–Trinajstić information content (AvgIpc) is 2.04. The van der Waals surface area contributed by atoms with Gasteiger partial charge in [0.1, 0.15) is 0 Å². The zero-order valence-corrected chi connectivity index (χ0v) is 8.85. The van der Waals surface area contributed by atoms with Gasteiger partial charge in [-0.25, -0.2) is 4.79 Å². The highest BCUT2D eigenvalue weighted by atomic mass is 32.2. The van der Waals surface area contributed by atoms with Crippen molar-refractivity contribution in [1.29, 1.82) is 0 Å². The molecule has 0 amide bonds. The molecule has 0 radical (unpaired) electrons. The van der Waals surface area contributed by atoms with Crippen LogP contribution in [0.3, 0.4) is 0 Å². The van der Waals surface area contributed by atoms with Crippen LogP contribution in [0.5, 0.6) is 0 Å². The minimum Gasteiger partial charge on any atom is -0.425 e. The number of carbonyl (C=O) groups excluding carboxylic acids is 2. The Hall–Kier alpha value is -0.710. The maximum absolute atomic E-state index is 10.9. The molecule has 0 spiro atoms. The number of esters is 1. The number of ether oxygens (including phenoxy) is 2. The molecule has 0 aromatic rings. The quantitative estimate of drug-likeness (QED) is 0.521. The summed E-state index contributed by atoms with van der Waals surface area (Å²) >= 11 is 1.04. The molecular formula is C8H14O4S. The molecule has 0 aliphatic heterocycles. The van der Waals surface area contributed by atoms with Crippen LogP contribution in [0.2, 0.25) is 0 Å². The van der Waals surface area contributed by atoms with Gasteiger partial charge in [0.2, 0.25) is 6.29 Å². The molecule has 0 rings (SSSR count). The molecule has 0 aliphatic rings. The smallest absolute Gasteiger partial charge is 0.370 e. The minimum absolute atomic E-state index is 0.281. The molecule has 5 heteroatoms. The van der Waals surface area contributed by atoms with Gasteiger partial charge in [0.05, 0.1) is 0 Å².